The number of aromatic nitrogens is 4. The van der Waals surface area contributed by atoms with Crippen molar-refractivity contribution in [2.75, 3.05) is 0 Å². The standard InChI is InChI=1S/C11H8N4/c1-6-3-13-11-10-8(14-5-15-11)4-12-7(2)9(6)10/h3-5H,1H2,2H3. The fourth-order valence-corrected chi connectivity index (χ4v) is 1.82. The third-order valence-electron chi connectivity index (χ3n) is 2.51. The van der Waals surface area contributed by atoms with Crippen LogP contribution in [0.4, 0.5) is 0 Å². The van der Waals surface area contributed by atoms with Gasteiger partial charge in [0.05, 0.1) is 17.1 Å². The molecule has 4 heteroatoms. The van der Waals surface area contributed by atoms with E-state index in [2.05, 4.69) is 26.5 Å². The summed E-state index contributed by atoms with van der Waals surface area (Å²) in [6, 6.07) is 0. The predicted molar refractivity (Wildman–Crippen MR) is 58.1 cm³/mol. The van der Waals surface area contributed by atoms with Crippen molar-refractivity contribution in [1.82, 2.24) is 19.9 Å². The van der Waals surface area contributed by atoms with Gasteiger partial charge < -0.3 is 0 Å². The van der Waals surface area contributed by atoms with Gasteiger partial charge in [-0.3, -0.25) is 4.98 Å². The van der Waals surface area contributed by atoms with Gasteiger partial charge in [-0.1, -0.05) is 6.58 Å². The zero-order valence-corrected chi connectivity index (χ0v) is 8.23. The van der Waals surface area contributed by atoms with E-state index in [9.17, 15) is 0 Å². The molecule has 3 aromatic heterocycles. The Balaban J connectivity index is 2.79. The molecular weight excluding hydrogens is 188 g/mol. The molecule has 0 bridgehead atoms. The van der Waals surface area contributed by atoms with Gasteiger partial charge in [0.1, 0.15) is 6.33 Å². The summed E-state index contributed by atoms with van der Waals surface area (Å²) in [5.74, 6) is 0. The molecule has 0 unspecified atom stereocenters. The van der Waals surface area contributed by atoms with Crippen LogP contribution in [0.3, 0.4) is 0 Å². The third kappa shape index (κ3) is 1.01. The lowest BCUT2D eigenvalue weighted by Crippen LogP contribution is -2.06. The van der Waals surface area contributed by atoms with E-state index in [1.807, 2.05) is 6.92 Å². The van der Waals surface area contributed by atoms with Gasteiger partial charge >= 0.3 is 0 Å². The highest BCUT2D eigenvalue weighted by atomic mass is 14.9. The fraction of sp³-hybridized carbons (Fsp3) is 0.0909. The van der Waals surface area contributed by atoms with Gasteiger partial charge in [-0.15, -0.1) is 0 Å². The van der Waals surface area contributed by atoms with E-state index in [1.165, 1.54) is 6.33 Å². The highest BCUT2D eigenvalue weighted by molar-refractivity contribution is 6.05. The molecule has 0 aliphatic heterocycles. The second-order valence-corrected chi connectivity index (χ2v) is 3.46. The molecule has 0 atom stereocenters. The summed E-state index contributed by atoms with van der Waals surface area (Å²) < 4.78 is 0. The number of hydrogen-bond acceptors (Lipinski definition) is 4. The topological polar surface area (TPSA) is 51.6 Å². The number of nitrogens with zero attached hydrogens (tertiary/aromatic N) is 4. The Morgan fingerprint density at radius 2 is 1.87 bits per heavy atom. The zero-order chi connectivity index (χ0) is 10.4. The van der Waals surface area contributed by atoms with E-state index in [0.29, 0.717) is 5.65 Å². The molecule has 0 aliphatic carbocycles. The lowest BCUT2D eigenvalue weighted by molar-refractivity contribution is 1.17. The van der Waals surface area contributed by atoms with Gasteiger partial charge in [-0.2, -0.15) is 0 Å². The van der Waals surface area contributed by atoms with Gasteiger partial charge in [0.25, 0.3) is 0 Å². The summed E-state index contributed by atoms with van der Waals surface area (Å²) in [6.07, 6.45) is 4.97. The summed E-state index contributed by atoms with van der Waals surface area (Å²) in [5, 5.41) is 2.84. The van der Waals surface area contributed by atoms with Crippen molar-refractivity contribution in [3.8, 4) is 0 Å². The van der Waals surface area contributed by atoms with Crippen LogP contribution in [0.2, 0.25) is 0 Å². The average molecular weight is 196 g/mol. The van der Waals surface area contributed by atoms with Crippen LogP contribution >= 0.6 is 0 Å². The molecule has 0 aliphatic rings. The molecule has 0 spiro atoms. The molecule has 3 rings (SSSR count). The molecule has 0 saturated carbocycles. The van der Waals surface area contributed by atoms with Gasteiger partial charge in [0.15, 0.2) is 5.65 Å². The van der Waals surface area contributed by atoms with E-state index in [1.54, 1.807) is 12.4 Å². The van der Waals surface area contributed by atoms with E-state index < -0.39 is 0 Å². The van der Waals surface area contributed by atoms with Crippen LogP contribution in [0.5, 0.6) is 0 Å². The van der Waals surface area contributed by atoms with Crippen LogP contribution in [0, 0.1) is 6.92 Å². The van der Waals surface area contributed by atoms with Crippen molar-refractivity contribution in [2.45, 2.75) is 6.92 Å². The Labute approximate surface area is 85.7 Å². The summed E-state index contributed by atoms with van der Waals surface area (Å²) in [7, 11) is 0. The molecule has 0 radical (unpaired) electrons. The van der Waals surface area contributed by atoms with Crippen molar-refractivity contribution in [1.29, 1.82) is 0 Å². The highest BCUT2D eigenvalue weighted by Crippen LogP contribution is 2.19. The second-order valence-electron chi connectivity index (χ2n) is 3.46. The normalized spacial score (nSPS) is 11.3. The van der Waals surface area contributed by atoms with Crippen molar-refractivity contribution in [3.63, 3.8) is 0 Å². The molecular formula is C11H8N4. The first-order valence-corrected chi connectivity index (χ1v) is 4.61. The minimum atomic E-state index is 0.702. The van der Waals surface area contributed by atoms with Crippen LogP contribution in [0.25, 0.3) is 28.5 Å². The minimum Gasteiger partial charge on any atom is -0.259 e. The maximum absolute atomic E-state index is 4.29. The number of hydrogen-bond donors (Lipinski definition) is 0. The van der Waals surface area contributed by atoms with Gasteiger partial charge in [0.2, 0.25) is 0 Å². The van der Waals surface area contributed by atoms with Crippen molar-refractivity contribution < 1.29 is 0 Å². The summed E-state index contributed by atoms with van der Waals surface area (Å²) >= 11 is 0. The lowest BCUT2D eigenvalue weighted by atomic mass is 10.1. The summed E-state index contributed by atoms with van der Waals surface area (Å²) in [6.45, 7) is 5.91. The molecule has 4 nitrogen and oxygen atoms in total. The van der Waals surface area contributed by atoms with Crippen molar-refractivity contribution >= 4 is 28.5 Å². The van der Waals surface area contributed by atoms with E-state index in [4.69, 9.17) is 0 Å². The maximum atomic E-state index is 4.29. The van der Waals surface area contributed by atoms with Crippen LogP contribution < -0.4 is 5.22 Å². The van der Waals surface area contributed by atoms with Gasteiger partial charge in [-0.25, -0.2) is 15.0 Å². The lowest BCUT2D eigenvalue weighted by Gasteiger charge is -2.04. The molecule has 15 heavy (non-hydrogen) atoms. The SMILES string of the molecule is C=c1cnc2ncnc3cnc(C)c1c32. The highest BCUT2D eigenvalue weighted by Gasteiger charge is 2.08. The molecule has 72 valence electrons. The first-order valence-electron chi connectivity index (χ1n) is 4.61. The Morgan fingerprint density at radius 3 is 2.73 bits per heavy atom. The quantitative estimate of drug-likeness (QED) is 0.538. The average Bonchev–Trinajstić information content (AvgIpc) is 2.25. The minimum absolute atomic E-state index is 0.702. The number of aryl methyl sites for hydroxylation is 1. The van der Waals surface area contributed by atoms with E-state index in [-0.39, 0.29) is 0 Å². The predicted octanol–water partition coefficient (Wildman–Crippen LogP) is 1.01. The van der Waals surface area contributed by atoms with Crippen molar-refractivity contribution in [3.05, 3.63) is 29.6 Å². The zero-order valence-electron chi connectivity index (χ0n) is 8.23. The molecule has 0 saturated heterocycles. The van der Waals surface area contributed by atoms with E-state index >= 15 is 0 Å². The van der Waals surface area contributed by atoms with Crippen LogP contribution in [-0.2, 0) is 0 Å². The molecule has 3 heterocycles. The molecule has 0 amide bonds. The Morgan fingerprint density at radius 1 is 1.00 bits per heavy atom. The number of rotatable bonds is 0. The fourth-order valence-electron chi connectivity index (χ4n) is 1.82. The monoisotopic (exact) mass is 196 g/mol. The molecule has 0 N–H and O–H groups in total. The summed E-state index contributed by atoms with van der Waals surface area (Å²) in [4.78, 5) is 16.8. The van der Waals surface area contributed by atoms with Gasteiger partial charge in [0, 0.05) is 17.3 Å². The van der Waals surface area contributed by atoms with Crippen LogP contribution in [0.15, 0.2) is 18.7 Å². The van der Waals surface area contributed by atoms with Crippen LogP contribution in [0.1, 0.15) is 5.69 Å². The van der Waals surface area contributed by atoms with E-state index in [0.717, 1.165) is 27.2 Å². The Bertz CT molecular complexity index is 689. The van der Waals surface area contributed by atoms with Crippen molar-refractivity contribution in [2.24, 2.45) is 0 Å². The first-order chi connectivity index (χ1) is 7.27. The first kappa shape index (κ1) is 8.23. The summed E-state index contributed by atoms with van der Waals surface area (Å²) in [5.41, 5.74) is 2.46. The van der Waals surface area contributed by atoms with Gasteiger partial charge in [-0.05, 0) is 12.1 Å². The largest absolute Gasteiger partial charge is 0.259 e. The maximum Gasteiger partial charge on any atom is 0.163 e. The smallest absolute Gasteiger partial charge is 0.163 e. The van der Waals surface area contributed by atoms with Crippen LogP contribution in [-0.4, -0.2) is 19.9 Å². The Kier molecular flexibility index (Phi) is 1.48. The molecule has 0 fully saturated rings. The molecule has 3 aromatic rings. The Hall–Kier alpha value is -2.10. The number of pyridine rings is 2. The third-order valence-corrected chi connectivity index (χ3v) is 2.51. The second kappa shape index (κ2) is 2.70. The molecule has 0 aromatic carbocycles.